The van der Waals surface area contributed by atoms with Crippen molar-refractivity contribution in [2.24, 2.45) is 11.3 Å². The van der Waals surface area contributed by atoms with Crippen LogP contribution in [0, 0.1) is 11.3 Å². The number of hydrogen-bond acceptors (Lipinski definition) is 3. The van der Waals surface area contributed by atoms with Crippen LogP contribution in [-0.2, 0) is 9.53 Å². The molecule has 0 atom stereocenters. The molecule has 0 bridgehead atoms. The molecule has 0 aromatic rings. The second kappa shape index (κ2) is 9.65. The van der Waals surface area contributed by atoms with E-state index in [0.29, 0.717) is 12.0 Å². The molecule has 2 saturated carbocycles. The minimum absolute atomic E-state index is 0. The van der Waals surface area contributed by atoms with E-state index in [1.165, 1.54) is 38.5 Å². The number of ether oxygens (including phenoxy) is 1. The first kappa shape index (κ1) is 18.7. The Morgan fingerprint density at radius 1 is 1.29 bits per heavy atom. The Labute approximate surface area is 135 Å². The summed E-state index contributed by atoms with van der Waals surface area (Å²) in [6.45, 7) is 5.94. The fourth-order valence-electron chi connectivity index (χ4n) is 3.13. The van der Waals surface area contributed by atoms with Crippen LogP contribution >= 0.6 is 12.4 Å². The van der Waals surface area contributed by atoms with E-state index in [-0.39, 0.29) is 18.3 Å². The van der Waals surface area contributed by atoms with Gasteiger partial charge in [-0.25, -0.2) is 0 Å². The number of carbonyl (C=O) groups is 1. The standard InChI is InChI=1S/C16H30N2O2.ClH/c1-2-20-10-9-16(7-3-4-8-16)13-18-15(19)12-17-11-14-5-6-14;/h14,17H,2-13H2,1H3,(H,18,19);1H. The van der Waals surface area contributed by atoms with Crippen LogP contribution in [-0.4, -0.2) is 38.8 Å². The van der Waals surface area contributed by atoms with Crippen LogP contribution in [0.3, 0.4) is 0 Å². The Kier molecular flexibility index (Phi) is 8.60. The van der Waals surface area contributed by atoms with E-state index >= 15 is 0 Å². The summed E-state index contributed by atoms with van der Waals surface area (Å²) < 4.78 is 5.50. The third kappa shape index (κ3) is 6.98. The van der Waals surface area contributed by atoms with E-state index in [1.807, 2.05) is 6.92 Å². The van der Waals surface area contributed by atoms with Crippen molar-refractivity contribution in [1.29, 1.82) is 0 Å². The minimum atomic E-state index is 0. The number of rotatable bonds is 10. The molecule has 0 radical (unpaired) electrons. The van der Waals surface area contributed by atoms with Crippen molar-refractivity contribution in [2.45, 2.75) is 51.9 Å². The molecule has 0 aromatic heterocycles. The maximum absolute atomic E-state index is 11.9. The lowest BCUT2D eigenvalue weighted by atomic mass is 9.83. The van der Waals surface area contributed by atoms with Crippen LogP contribution in [0.1, 0.15) is 51.9 Å². The van der Waals surface area contributed by atoms with E-state index in [0.717, 1.165) is 38.6 Å². The van der Waals surface area contributed by atoms with Crippen LogP contribution in [0.4, 0.5) is 0 Å². The minimum Gasteiger partial charge on any atom is -0.382 e. The fraction of sp³-hybridized carbons (Fsp3) is 0.938. The van der Waals surface area contributed by atoms with Gasteiger partial charge in [0.15, 0.2) is 0 Å². The largest absolute Gasteiger partial charge is 0.382 e. The first-order valence-electron chi connectivity index (χ1n) is 8.29. The van der Waals surface area contributed by atoms with E-state index < -0.39 is 0 Å². The van der Waals surface area contributed by atoms with E-state index in [1.54, 1.807) is 0 Å². The Morgan fingerprint density at radius 3 is 2.62 bits per heavy atom. The lowest BCUT2D eigenvalue weighted by Crippen LogP contribution is -2.41. The second-order valence-electron chi connectivity index (χ2n) is 6.51. The molecule has 2 N–H and O–H groups in total. The topological polar surface area (TPSA) is 50.4 Å². The average Bonchev–Trinajstić information content (AvgIpc) is 3.15. The molecule has 0 heterocycles. The molecule has 0 unspecified atom stereocenters. The van der Waals surface area contributed by atoms with Crippen molar-refractivity contribution >= 4 is 18.3 Å². The zero-order valence-electron chi connectivity index (χ0n) is 13.3. The van der Waals surface area contributed by atoms with Gasteiger partial charge in [0, 0.05) is 19.8 Å². The predicted octanol–water partition coefficient (Wildman–Crippen LogP) is 2.51. The van der Waals surface area contributed by atoms with Crippen molar-refractivity contribution in [2.75, 3.05) is 32.8 Å². The monoisotopic (exact) mass is 318 g/mol. The quantitative estimate of drug-likeness (QED) is 0.609. The van der Waals surface area contributed by atoms with Gasteiger partial charge in [-0.15, -0.1) is 12.4 Å². The average molecular weight is 319 g/mol. The number of nitrogens with one attached hydrogen (secondary N) is 2. The van der Waals surface area contributed by atoms with Crippen molar-refractivity contribution in [3.8, 4) is 0 Å². The predicted molar refractivity (Wildman–Crippen MR) is 87.9 cm³/mol. The summed E-state index contributed by atoms with van der Waals surface area (Å²) in [6, 6.07) is 0. The third-order valence-corrected chi connectivity index (χ3v) is 4.72. The van der Waals surface area contributed by atoms with Gasteiger partial charge in [0.2, 0.25) is 5.91 Å². The smallest absolute Gasteiger partial charge is 0.233 e. The first-order chi connectivity index (χ1) is 9.74. The fourth-order valence-corrected chi connectivity index (χ4v) is 3.13. The summed E-state index contributed by atoms with van der Waals surface area (Å²) in [7, 11) is 0. The van der Waals surface area contributed by atoms with Gasteiger partial charge in [-0.3, -0.25) is 4.79 Å². The van der Waals surface area contributed by atoms with E-state index in [4.69, 9.17) is 4.74 Å². The van der Waals surface area contributed by atoms with Crippen LogP contribution in [0.5, 0.6) is 0 Å². The van der Waals surface area contributed by atoms with Gasteiger partial charge in [-0.1, -0.05) is 12.8 Å². The van der Waals surface area contributed by atoms with Crippen molar-refractivity contribution < 1.29 is 9.53 Å². The molecule has 0 aliphatic heterocycles. The normalized spacial score (nSPS) is 20.0. The summed E-state index contributed by atoms with van der Waals surface area (Å²) in [5, 5.41) is 6.38. The number of halogens is 1. The molecule has 2 fully saturated rings. The van der Waals surface area contributed by atoms with E-state index in [9.17, 15) is 4.79 Å². The van der Waals surface area contributed by atoms with E-state index in [2.05, 4.69) is 10.6 Å². The van der Waals surface area contributed by atoms with Crippen LogP contribution in [0.15, 0.2) is 0 Å². The molecule has 2 rings (SSSR count). The Bertz CT molecular complexity index is 303. The van der Waals surface area contributed by atoms with Gasteiger partial charge in [0.05, 0.1) is 6.54 Å². The molecule has 2 aliphatic carbocycles. The Morgan fingerprint density at radius 2 is 2.00 bits per heavy atom. The molecular formula is C16H31ClN2O2. The summed E-state index contributed by atoms with van der Waals surface area (Å²) in [5.74, 6) is 0.975. The van der Waals surface area contributed by atoms with Gasteiger partial charge in [0.1, 0.15) is 0 Å². The summed E-state index contributed by atoms with van der Waals surface area (Å²) >= 11 is 0. The molecule has 0 saturated heterocycles. The van der Waals surface area contributed by atoms with Crippen molar-refractivity contribution in [3.63, 3.8) is 0 Å². The summed E-state index contributed by atoms with van der Waals surface area (Å²) in [5.41, 5.74) is 0.293. The highest BCUT2D eigenvalue weighted by atomic mass is 35.5. The lowest BCUT2D eigenvalue weighted by Gasteiger charge is -2.29. The van der Waals surface area contributed by atoms with Crippen molar-refractivity contribution in [3.05, 3.63) is 0 Å². The van der Waals surface area contributed by atoms with Crippen LogP contribution in [0.2, 0.25) is 0 Å². The highest BCUT2D eigenvalue weighted by molar-refractivity contribution is 5.85. The first-order valence-corrected chi connectivity index (χ1v) is 8.29. The summed E-state index contributed by atoms with van der Waals surface area (Å²) in [4.78, 5) is 11.9. The maximum Gasteiger partial charge on any atom is 0.233 e. The maximum atomic E-state index is 11.9. The molecule has 0 aromatic carbocycles. The molecule has 2 aliphatic rings. The highest BCUT2D eigenvalue weighted by Crippen LogP contribution is 2.40. The SMILES string of the molecule is CCOCCC1(CNC(=O)CNCC2CC2)CCCC1.Cl. The molecule has 5 heteroatoms. The zero-order chi connectivity index (χ0) is 14.3. The van der Waals surface area contributed by atoms with Gasteiger partial charge >= 0.3 is 0 Å². The Hall–Kier alpha value is -0.320. The van der Waals surface area contributed by atoms with Gasteiger partial charge < -0.3 is 15.4 Å². The lowest BCUT2D eigenvalue weighted by molar-refractivity contribution is -0.120. The molecule has 124 valence electrons. The zero-order valence-corrected chi connectivity index (χ0v) is 14.1. The van der Waals surface area contributed by atoms with Gasteiger partial charge in [-0.05, 0) is 56.9 Å². The summed E-state index contributed by atoms with van der Waals surface area (Å²) in [6.07, 6.45) is 8.79. The number of carbonyl (C=O) groups excluding carboxylic acids is 1. The second-order valence-corrected chi connectivity index (χ2v) is 6.51. The van der Waals surface area contributed by atoms with Crippen molar-refractivity contribution in [1.82, 2.24) is 10.6 Å². The third-order valence-electron chi connectivity index (χ3n) is 4.72. The van der Waals surface area contributed by atoms with Crippen LogP contribution < -0.4 is 10.6 Å². The van der Waals surface area contributed by atoms with Gasteiger partial charge in [0.25, 0.3) is 0 Å². The molecular weight excluding hydrogens is 288 g/mol. The highest BCUT2D eigenvalue weighted by Gasteiger charge is 2.33. The molecule has 21 heavy (non-hydrogen) atoms. The van der Waals surface area contributed by atoms with Crippen LogP contribution in [0.25, 0.3) is 0 Å². The molecule has 1 amide bonds. The number of amides is 1. The Balaban J connectivity index is 0.00000220. The molecule has 0 spiro atoms. The van der Waals surface area contributed by atoms with Gasteiger partial charge in [-0.2, -0.15) is 0 Å². The molecule has 4 nitrogen and oxygen atoms in total. The number of hydrogen-bond donors (Lipinski definition) is 2.